The van der Waals surface area contributed by atoms with Crippen LogP contribution in [0.2, 0.25) is 0 Å². The SMILES string of the molecule is N=C(N)c1cccc(N(N)C(=O)Nc2cccc(C(N=NN)=NN)c2)c1. The smallest absolute Gasteiger partial charge is 0.340 e. The van der Waals surface area contributed by atoms with Crippen molar-refractivity contribution >= 4 is 29.1 Å². The molecule has 2 amide bonds. The van der Waals surface area contributed by atoms with Gasteiger partial charge >= 0.3 is 6.03 Å². The van der Waals surface area contributed by atoms with Gasteiger partial charge < -0.3 is 22.7 Å². The third kappa shape index (κ3) is 4.30. The Balaban J connectivity index is 2.19. The van der Waals surface area contributed by atoms with E-state index < -0.39 is 6.03 Å². The molecule has 0 saturated heterocycles. The van der Waals surface area contributed by atoms with E-state index in [-0.39, 0.29) is 11.7 Å². The molecule has 0 aliphatic rings. The first-order chi connectivity index (χ1) is 12.5. The first kappa shape index (κ1) is 18.4. The minimum atomic E-state index is -0.602. The molecule has 0 fully saturated rings. The summed E-state index contributed by atoms with van der Waals surface area (Å²) in [5, 5.41) is 21.2. The van der Waals surface area contributed by atoms with Gasteiger partial charge in [0.2, 0.25) is 5.84 Å². The summed E-state index contributed by atoms with van der Waals surface area (Å²) in [6.45, 7) is 0. The fraction of sp³-hybridized carbons (Fsp3) is 0. The molecule has 11 nitrogen and oxygen atoms in total. The number of hydrogen-bond acceptors (Lipinski definition) is 6. The van der Waals surface area contributed by atoms with Gasteiger partial charge in [-0.3, -0.25) is 5.41 Å². The van der Waals surface area contributed by atoms with Crippen molar-refractivity contribution in [2.45, 2.75) is 0 Å². The number of hydrogen-bond donors (Lipinski definition) is 6. The summed E-state index contributed by atoms with van der Waals surface area (Å²) < 4.78 is 0. The highest BCUT2D eigenvalue weighted by Gasteiger charge is 2.13. The van der Waals surface area contributed by atoms with Crippen molar-refractivity contribution in [3.63, 3.8) is 0 Å². The zero-order valence-corrected chi connectivity index (χ0v) is 13.6. The van der Waals surface area contributed by atoms with Gasteiger partial charge in [0.1, 0.15) is 5.84 Å². The lowest BCUT2D eigenvalue weighted by molar-refractivity contribution is 0.257. The number of carbonyl (C=O) groups excluding carboxylic acids is 1. The number of amidine groups is 2. The molecular formula is C15H18N10O. The Hall–Kier alpha value is -3.99. The van der Waals surface area contributed by atoms with E-state index in [1.165, 1.54) is 6.07 Å². The Labute approximate surface area is 148 Å². The summed E-state index contributed by atoms with van der Waals surface area (Å²) in [5.41, 5.74) is 7.19. The number of nitrogens with two attached hydrogens (primary N) is 4. The summed E-state index contributed by atoms with van der Waals surface area (Å²) >= 11 is 0. The predicted molar refractivity (Wildman–Crippen MR) is 99.4 cm³/mol. The number of hydrazone groups is 1. The molecule has 11 heteroatoms. The molecule has 0 aromatic heterocycles. The van der Waals surface area contributed by atoms with Gasteiger partial charge in [-0.25, -0.2) is 15.6 Å². The standard InChI is InChI=1S/C15H18N10O/c16-13(17)9-3-2-6-12(8-9)25(20)15(26)21-11-5-1-4-10(7-11)14(22-18)23-24-19/h1-8H,18,20H2,(H3,16,17)(H,21,26)(H2,19,22,23). The largest absolute Gasteiger partial charge is 0.384 e. The predicted octanol–water partition coefficient (Wildman–Crippen LogP) is 0.829. The Kier molecular flexibility index (Phi) is 5.79. The lowest BCUT2D eigenvalue weighted by Crippen LogP contribution is -2.40. The van der Waals surface area contributed by atoms with Crippen molar-refractivity contribution in [3.8, 4) is 0 Å². The number of anilines is 2. The van der Waals surface area contributed by atoms with Crippen LogP contribution in [0.25, 0.3) is 0 Å². The number of urea groups is 1. The Bertz CT molecular complexity index is 876. The lowest BCUT2D eigenvalue weighted by Gasteiger charge is -2.18. The Morgan fingerprint density at radius 2 is 1.77 bits per heavy atom. The van der Waals surface area contributed by atoms with E-state index in [1.54, 1.807) is 42.5 Å². The van der Waals surface area contributed by atoms with E-state index in [0.717, 1.165) is 5.01 Å². The second kappa shape index (κ2) is 8.21. The molecule has 0 spiro atoms. The van der Waals surface area contributed by atoms with Crippen molar-refractivity contribution < 1.29 is 4.79 Å². The molecule has 0 heterocycles. The van der Waals surface area contributed by atoms with Gasteiger partial charge in [-0.05, 0) is 24.3 Å². The maximum Gasteiger partial charge on any atom is 0.340 e. The van der Waals surface area contributed by atoms with Crippen LogP contribution in [0.3, 0.4) is 0 Å². The molecule has 0 atom stereocenters. The van der Waals surface area contributed by atoms with Crippen LogP contribution in [-0.4, -0.2) is 17.7 Å². The zero-order chi connectivity index (χ0) is 19.1. The zero-order valence-electron chi connectivity index (χ0n) is 13.6. The van der Waals surface area contributed by atoms with Crippen molar-refractivity contribution in [3.05, 3.63) is 59.7 Å². The molecule has 134 valence electrons. The first-order valence-electron chi connectivity index (χ1n) is 7.25. The third-order valence-electron chi connectivity index (χ3n) is 3.30. The average Bonchev–Trinajstić information content (AvgIpc) is 2.65. The second-order valence-corrected chi connectivity index (χ2v) is 5.01. The summed E-state index contributed by atoms with van der Waals surface area (Å²) in [7, 11) is 0. The molecule has 2 rings (SSSR count). The molecule has 0 aliphatic carbocycles. The maximum atomic E-state index is 12.4. The minimum absolute atomic E-state index is 0.0994. The van der Waals surface area contributed by atoms with Crippen molar-refractivity contribution in [2.75, 3.05) is 10.3 Å². The molecule has 0 saturated carbocycles. The number of amides is 2. The molecule has 2 aromatic carbocycles. The summed E-state index contributed by atoms with van der Waals surface area (Å²) in [4.78, 5) is 12.4. The van der Waals surface area contributed by atoms with Gasteiger partial charge in [0, 0.05) is 16.8 Å². The summed E-state index contributed by atoms with van der Waals surface area (Å²) in [5.74, 6) is 16.1. The summed E-state index contributed by atoms with van der Waals surface area (Å²) in [6, 6.07) is 12.4. The highest BCUT2D eigenvalue weighted by molar-refractivity contribution is 6.04. The van der Waals surface area contributed by atoms with Crippen LogP contribution in [0, 0.1) is 5.41 Å². The normalized spacial score (nSPS) is 11.3. The van der Waals surface area contributed by atoms with E-state index in [9.17, 15) is 4.79 Å². The van der Waals surface area contributed by atoms with Gasteiger partial charge in [0.05, 0.1) is 5.69 Å². The van der Waals surface area contributed by atoms with Crippen LogP contribution >= 0.6 is 0 Å². The van der Waals surface area contributed by atoms with Crippen LogP contribution in [0.4, 0.5) is 16.2 Å². The fourth-order valence-electron chi connectivity index (χ4n) is 2.07. The van der Waals surface area contributed by atoms with Crippen LogP contribution < -0.4 is 33.6 Å². The Morgan fingerprint density at radius 1 is 1.08 bits per heavy atom. The van der Waals surface area contributed by atoms with Crippen molar-refractivity contribution in [2.24, 2.45) is 38.7 Å². The Morgan fingerprint density at radius 3 is 2.42 bits per heavy atom. The van der Waals surface area contributed by atoms with Crippen LogP contribution in [0.5, 0.6) is 0 Å². The van der Waals surface area contributed by atoms with E-state index >= 15 is 0 Å². The van der Waals surface area contributed by atoms with Crippen molar-refractivity contribution in [1.82, 2.24) is 0 Å². The van der Waals surface area contributed by atoms with Gasteiger partial charge in [0.25, 0.3) is 0 Å². The van der Waals surface area contributed by atoms with E-state index in [2.05, 4.69) is 20.8 Å². The molecule has 0 bridgehead atoms. The first-order valence-corrected chi connectivity index (χ1v) is 7.25. The minimum Gasteiger partial charge on any atom is -0.384 e. The number of benzene rings is 2. The fourth-order valence-corrected chi connectivity index (χ4v) is 2.07. The number of nitrogens with one attached hydrogen (secondary N) is 2. The van der Waals surface area contributed by atoms with Crippen LogP contribution in [-0.2, 0) is 0 Å². The van der Waals surface area contributed by atoms with E-state index in [4.69, 9.17) is 28.7 Å². The molecule has 0 unspecified atom stereocenters. The molecule has 0 aliphatic heterocycles. The number of carbonyl (C=O) groups is 1. The molecule has 10 N–H and O–H groups in total. The van der Waals surface area contributed by atoms with Gasteiger partial charge in [-0.15, -0.1) is 5.11 Å². The molecule has 2 aromatic rings. The topological polar surface area (TPSA) is 197 Å². The van der Waals surface area contributed by atoms with Gasteiger partial charge in [0.15, 0.2) is 0 Å². The van der Waals surface area contributed by atoms with Crippen LogP contribution in [0.15, 0.2) is 64.0 Å². The third-order valence-corrected chi connectivity index (χ3v) is 3.30. The highest BCUT2D eigenvalue weighted by atomic mass is 16.2. The van der Waals surface area contributed by atoms with Gasteiger partial charge in [-0.2, -0.15) is 5.10 Å². The lowest BCUT2D eigenvalue weighted by atomic mass is 10.2. The number of nitrogen functional groups attached to an aromatic ring is 1. The van der Waals surface area contributed by atoms with Gasteiger partial charge in [-0.1, -0.05) is 29.5 Å². The molecular weight excluding hydrogens is 336 g/mol. The quantitative estimate of drug-likeness (QED) is 0.118. The monoisotopic (exact) mass is 354 g/mol. The number of hydrazine groups is 1. The second-order valence-electron chi connectivity index (χ2n) is 5.01. The van der Waals surface area contributed by atoms with E-state index in [0.29, 0.717) is 22.5 Å². The van der Waals surface area contributed by atoms with Crippen LogP contribution in [0.1, 0.15) is 11.1 Å². The maximum absolute atomic E-state index is 12.4. The molecule has 0 radical (unpaired) electrons. The highest BCUT2D eigenvalue weighted by Crippen LogP contribution is 2.16. The number of nitrogens with zero attached hydrogens (tertiary/aromatic N) is 4. The van der Waals surface area contributed by atoms with Crippen molar-refractivity contribution in [1.29, 1.82) is 5.41 Å². The average molecular weight is 354 g/mol. The molecule has 26 heavy (non-hydrogen) atoms. The summed E-state index contributed by atoms with van der Waals surface area (Å²) in [6.07, 6.45) is 0. The van der Waals surface area contributed by atoms with E-state index in [1.807, 2.05) is 0 Å². The number of rotatable bonds is 4.